The zero-order valence-corrected chi connectivity index (χ0v) is 22.4. The third-order valence-electron chi connectivity index (χ3n) is 6.81. The largest absolute Gasteiger partial charge is 0.358 e. The number of H-pyrrole nitrogens is 1. The summed E-state index contributed by atoms with van der Waals surface area (Å²) < 4.78 is 19.9. The van der Waals surface area contributed by atoms with Gasteiger partial charge in [0, 0.05) is 40.2 Å². The minimum Gasteiger partial charge on any atom is -0.358 e. The van der Waals surface area contributed by atoms with Crippen LogP contribution >= 0.6 is 11.3 Å². The van der Waals surface area contributed by atoms with Crippen LogP contribution in [0.3, 0.4) is 0 Å². The van der Waals surface area contributed by atoms with Gasteiger partial charge in [0.05, 0.1) is 23.3 Å². The fourth-order valence-electron chi connectivity index (χ4n) is 4.70. The van der Waals surface area contributed by atoms with E-state index in [1.54, 1.807) is 38.5 Å². The second-order valence-electron chi connectivity index (χ2n) is 9.17. The highest BCUT2D eigenvalue weighted by atomic mass is 32.1. The molecule has 0 fully saturated rings. The second kappa shape index (κ2) is 9.85. The summed E-state index contributed by atoms with van der Waals surface area (Å²) >= 11 is 1.30. The number of nitrogens with one attached hydrogen (secondary N) is 1. The Balaban J connectivity index is 1.57. The summed E-state index contributed by atoms with van der Waals surface area (Å²) in [7, 11) is 1.83. The van der Waals surface area contributed by atoms with E-state index in [1.807, 2.05) is 80.9 Å². The molecule has 0 radical (unpaired) electrons. The van der Waals surface area contributed by atoms with E-state index >= 15 is 0 Å². The molecule has 0 aliphatic carbocycles. The third kappa shape index (κ3) is 4.26. The molecule has 9 heteroatoms. The molecule has 3 aromatic carbocycles. The van der Waals surface area contributed by atoms with Crippen molar-refractivity contribution < 1.29 is 4.39 Å². The summed E-state index contributed by atoms with van der Waals surface area (Å²) in [5.74, 6) is -0.364. The smallest absolute Gasteiger partial charge is 0.297 e. The van der Waals surface area contributed by atoms with E-state index in [2.05, 4.69) is 4.98 Å². The van der Waals surface area contributed by atoms with E-state index in [1.165, 1.54) is 17.4 Å². The molecule has 0 atom stereocenters. The Morgan fingerprint density at radius 3 is 2.46 bits per heavy atom. The van der Waals surface area contributed by atoms with Gasteiger partial charge in [-0.2, -0.15) is 5.10 Å². The number of thiazole rings is 1. The van der Waals surface area contributed by atoms with Crippen LogP contribution in [-0.2, 0) is 7.05 Å². The number of para-hydroxylation sites is 2. The van der Waals surface area contributed by atoms with Crippen molar-refractivity contribution >= 4 is 34.1 Å². The Hall–Kier alpha value is -4.76. The van der Waals surface area contributed by atoms with Gasteiger partial charge < -0.3 is 4.98 Å². The minimum absolute atomic E-state index is 0.245. The summed E-state index contributed by atoms with van der Waals surface area (Å²) in [6.07, 6.45) is 1.75. The molecule has 39 heavy (non-hydrogen) atoms. The van der Waals surface area contributed by atoms with Crippen molar-refractivity contribution in [2.45, 2.75) is 13.8 Å². The summed E-state index contributed by atoms with van der Waals surface area (Å²) in [5.41, 5.74) is 5.34. The normalized spacial score (nSPS) is 12.3. The molecular formula is C30H25FN6OS. The van der Waals surface area contributed by atoms with Gasteiger partial charge in [0.1, 0.15) is 5.82 Å². The van der Waals surface area contributed by atoms with Crippen LogP contribution in [0.2, 0.25) is 0 Å². The van der Waals surface area contributed by atoms with E-state index in [0.717, 1.165) is 27.8 Å². The molecule has 194 valence electrons. The summed E-state index contributed by atoms with van der Waals surface area (Å²) in [4.78, 5) is 22.2. The summed E-state index contributed by atoms with van der Waals surface area (Å²) in [5, 5.41) is 7.63. The number of aromatic nitrogens is 4. The van der Waals surface area contributed by atoms with Crippen molar-refractivity contribution in [2.75, 3.05) is 0 Å². The molecular weight excluding hydrogens is 511 g/mol. The third-order valence-corrected chi connectivity index (χ3v) is 7.63. The van der Waals surface area contributed by atoms with Crippen molar-refractivity contribution in [1.29, 1.82) is 0 Å². The average molecular weight is 537 g/mol. The number of fused-ring (bicyclic) bond motifs is 1. The highest BCUT2D eigenvalue weighted by Crippen LogP contribution is 2.25. The van der Waals surface area contributed by atoms with Crippen molar-refractivity contribution in [3.05, 3.63) is 122 Å². The van der Waals surface area contributed by atoms with Crippen LogP contribution in [0.4, 0.5) is 10.1 Å². The van der Waals surface area contributed by atoms with Gasteiger partial charge in [0.2, 0.25) is 4.80 Å². The van der Waals surface area contributed by atoms with Gasteiger partial charge in [-0.25, -0.2) is 18.7 Å². The molecule has 0 unspecified atom stereocenters. The first-order chi connectivity index (χ1) is 18.9. The summed E-state index contributed by atoms with van der Waals surface area (Å²) in [6.45, 7) is 3.84. The van der Waals surface area contributed by atoms with Crippen LogP contribution in [-0.4, -0.2) is 25.2 Å². The van der Waals surface area contributed by atoms with Crippen LogP contribution in [0.15, 0.2) is 99.1 Å². The van der Waals surface area contributed by atoms with E-state index in [-0.39, 0.29) is 11.4 Å². The predicted octanol–water partition coefficient (Wildman–Crippen LogP) is 6.06. The molecule has 0 saturated heterocycles. The lowest BCUT2D eigenvalue weighted by atomic mass is 10.1. The van der Waals surface area contributed by atoms with Crippen molar-refractivity contribution in [3.8, 4) is 16.9 Å². The van der Waals surface area contributed by atoms with Gasteiger partial charge in [-0.05, 0) is 44.2 Å². The van der Waals surface area contributed by atoms with Crippen LogP contribution in [0.5, 0.6) is 0 Å². The molecule has 3 heterocycles. The summed E-state index contributed by atoms with van der Waals surface area (Å²) in [6, 6.07) is 24.0. The molecule has 0 bridgehead atoms. The molecule has 3 aromatic heterocycles. The Morgan fingerprint density at radius 1 is 0.949 bits per heavy atom. The molecule has 6 aromatic rings. The fourth-order valence-corrected chi connectivity index (χ4v) is 5.54. The van der Waals surface area contributed by atoms with Crippen molar-refractivity contribution in [1.82, 2.24) is 19.0 Å². The molecule has 0 spiro atoms. The SMILES string of the molecule is Cc1[nH]c2ccccc2c1C=Nn1c(-c2ccccc2F)csc1=Nc1c(C)n(C)n(-c2ccccc2)c1=O. The first-order valence-electron chi connectivity index (χ1n) is 12.4. The maximum Gasteiger partial charge on any atom is 0.297 e. The quantitative estimate of drug-likeness (QED) is 0.268. The lowest BCUT2D eigenvalue weighted by molar-refractivity contribution is 0.629. The van der Waals surface area contributed by atoms with E-state index < -0.39 is 0 Å². The molecule has 0 amide bonds. The maximum atomic E-state index is 14.9. The molecule has 0 aliphatic rings. The monoisotopic (exact) mass is 536 g/mol. The minimum atomic E-state index is -0.364. The van der Waals surface area contributed by atoms with Gasteiger partial charge in [0.25, 0.3) is 5.56 Å². The first-order valence-corrected chi connectivity index (χ1v) is 13.3. The number of rotatable bonds is 5. The Morgan fingerprint density at radius 2 is 1.67 bits per heavy atom. The standard InChI is InChI=1S/C30H25FN6OS/c1-19-24(22-13-8-10-16-26(22)33-19)17-32-36-27(23-14-7-9-15-25(23)31)18-39-30(36)34-28-20(2)35(3)37(29(28)38)21-11-5-4-6-12-21/h4-18,33H,1-3H3. The van der Waals surface area contributed by atoms with Crippen molar-refractivity contribution in [3.63, 3.8) is 0 Å². The first kappa shape index (κ1) is 24.6. The van der Waals surface area contributed by atoms with E-state index in [4.69, 9.17) is 10.1 Å². The fraction of sp³-hybridized carbons (Fsp3) is 0.100. The van der Waals surface area contributed by atoms with E-state index in [9.17, 15) is 9.18 Å². The maximum absolute atomic E-state index is 14.9. The van der Waals surface area contributed by atoms with Gasteiger partial charge in [-0.3, -0.25) is 9.48 Å². The molecule has 1 N–H and O–H groups in total. The topological polar surface area (TPSA) is 72.4 Å². The number of aryl methyl sites for hydroxylation is 1. The highest BCUT2D eigenvalue weighted by molar-refractivity contribution is 7.07. The Bertz CT molecular complexity index is 1990. The van der Waals surface area contributed by atoms with Crippen LogP contribution in [0.25, 0.3) is 27.8 Å². The average Bonchev–Trinajstić information content (AvgIpc) is 3.56. The van der Waals surface area contributed by atoms with Gasteiger partial charge >= 0.3 is 0 Å². The molecule has 7 nitrogen and oxygen atoms in total. The molecule has 0 saturated carbocycles. The van der Waals surface area contributed by atoms with Gasteiger partial charge in [0.15, 0.2) is 5.69 Å². The molecule has 6 rings (SSSR count). The number of nitrogens with zero attached hydrogens (tertiary/aromatic N) is 5. The lowest BCUT2D eigenvalue weighted by Crippen LogP contribution is -2.20. The number of hydrogen-bond acceptors (Lipinski definition) is 4. The second-order valence-corrected chi connectivity index (χ2v) is 10.0. The zero-order chi connectivity index (χ0) is 27.1. The van der Waals surface area contributed by atoms with Crippen LogP contribution in [0.1, 0.15) is 17.0 Å². The van der Waals surface area contributed by atoms with Gasteiger partial charge in [-0.1, -0.05) is 48.5 Å². The van der Waals surface area contributed by atoms with Gasteiger partial charge in [-0.15, -0.1) is 11.3 Å². The lowest BCUT2D eigenvalue weighted by Gasteiger charge is -2.07. The number of benzene rings is 3. The van der Waals surface area contributed by atoms with Crippen LogP contribution in [0, 0.1) is 19.7 Å². The van der Waals surface area contributed by atoms with Crippen molar-refractivity contribution in [2.24, 2.45) is 17.1 Å². The van der Waals surface area contributed by atoms with E-state index in [0.29, 0.717) is 27.4 Å². The Labute approximate surface area is 227 Å². The number of halogens is 1. The highest BCUT2D eigenvalue weighted by Gasteiger charge is 2.18. The number of hydrogen-bond donors (Lipinski definition) is 1. The number of aromatic amines is 1. The Kier molecular flexibility index (Phi) is 6.20. The molecule has 0 aliphatic heterocycles. The predicted molar refractivity (Wildman–Crippen MR) is 155 cm³/mol. The zero-order valence-electron chi connectivity index (χ0n) is 21.6. The van der Waals surface area contributed by atoms with Crippen LogP contribution < -0.4 is 10.4 Å².